The van der Waals surface area contributed by atoms with Crippen LogP contribution in [0.2, 0.25) is 0 Å². The summed E-state index contributed by atoms with van der Waals surface area (Å²) in [5.74, 6) is 13.7. The van der Waals surface area contributed by atoms with Gasteiger partial charge in [-0.2, -0.15) is 0 Å². The molecular weight excluding hydrogens is 387 g/mol. The molecule has 0 saturated heterocycles. The average molecular weight is 427 g/mol. The van der Waals surface area contributed by atoms with Crippen molar-refractivity contribution in [1.82, 2.24) is 0 Å². The summed E-state index contributed by atoms with van der Waals surface area (Å²) in [6.45, 7) is 20.9. The zero-order chi connectivity index (χ0) is 22.1. The number of hydrogen-bond acceptors (Lipinski definition) is 1. The maximum Gasteiger partial charge on any atom is 0.0428 e. The fourth-order valence-electron chi connectivity index (χ4n) is 3.67. The smallest absolute Gasteiger partial charge is 0.0428 e. The molecule has 0 radical (unpaired) electrons. The van der Waals surface area contributed by atoms with Crippen LogP contribution in [0.1, 0.15) is 98.3 Å². The van der Waals surface area contributed by atoms with Gasteiger partial charge in [0.05, 0.1) is 0 Å². The maximum absolute atomic E-state index is 6.53. The van der Waals surface area contributed by atoms with Crippen LogP contribution < -0.4 is 5.30 Å². The predicted octanol–water partition coefficient (Wildman–Crippen LogP) is 6.87. The molecule has 0 N–H and O–H groups in total. The van der Waals surface area contributed by atoms with Gasteiger partial charge in [0, 0.05) is 31.2 Å². The molecule has 0 bridgehead atoms. The summed E-state index contributed by atoms with van der Waals surface area (Å²) in [4.78, 5) is 0. The molecule has 2 rings (SSSR count). The minimum absolute atomic E-state index is 0.0264. The summed E-state index contributed by atoms with van der Waals surface area (Å²) in [5, 5.41) is 1.42. The SMILES string of the molecule is CC(C)(C)c1cc(C(C)(C)C)c(P2(=S)CC#CCCCC#CC2)c(C(C)(C)C)c1. The summed E-state index contributed by atoms with van der Waals surface area (Å²) < 4.78 is 0. The molecule has 1 aromatic rings. The monoisotopic (exact) mass is 426 g/mol. The highest BCUT2D eigenvalue weighted by atomic mass is 32.4. The molecule has 0 aromatic heterocycles. The van der Waals surface area contributed by atoms with E-state index in [0.717, 1.165) is 31.6 Å². The zero-order valence-corrected chi connectivity index (χ0v) is 21.8. The first-order valence-corrected chi connectivity index (χ1v) is 14.0. The molecule has 0 nitrogen and oxygen atoms in total. The van der Waals surface area contributed by atoms with Gasteiger partial charge in [-0.1, -0.05) is 98.1 Å². The van der Waals surface area contributed by atoms with Gasteiger partial charge < -0.3 is 0 Å². The molecule has 0 atom stereocenters. The third-order valence-corrected chi connectivity index (χ3v) is 9.48. The van der Waals surface area contributed by atoms with E-state index in [1.54, 1.807) is 0 Å². The van der Waals surface area contributed by atoms with E-state index in [0.29, 0.717) is 0 Å². The lowest BCUT2D eigenvalue weighted by atomic mass is 9.75. The van der Waals surface area contributed by atoms with Gasteiger partial charge >= 0.3 is 0 Å². The van der Waals surface area contributed by atoms with E-state index >= 15 is 0 Å². The van der Waals surface area contributed by atoms with Crippen LogP contribution in [0.25, 0.3) is 0 Å². The zero-order valence-electron chi connectivity index (χ0n) is 20.0. The normalized spacial score (nSPS) is 17.6. The van der Waals surface area contributed by atoms with Crippen LogP contribution in [0.15, 0.2) is 12.1 Å². The first-order valence-electron chi connectivity index (χ1n) is 10.9. The van der Waals surface area contributed by atoms with Gasteiger partial charge in [-0.25, -0.2) is 0 Å². The summed E-state index contributed by atoms with van der Waals surface area (Å²) in [6.07, 6.45) is 4.55. The van der Waals surface area contributed by atoms with Crippen LogP contribution in [0.5, 0.6) is 0 Å². The second kappa shape index (κ2) is 8.62. The Morgan fingerprint density at radius 1 is 0.690 bits per heavy atom. The van der Waals surface area contributed by atoms with Gasteiger partial charge in [0.1, 0.15) is 0 Å². The Bertz CT molecular complexity index is 859. The molecule has 0 spiro atoms. The Labute approximate surface area is 185 Å². The average Bonchev–Trinajstić information content (AvgIpc) is 2.57. The molecular formula is C27H39PS. The highest BCUT2D eigenvalue weighted by Crippen LogP contribution is 2.50. The molecule has 0 saturated carbocycles. The molecule has 2 heteroatoms. The molecule has 1 aliphatic rings. The van der Waals surface area contributed by atoms with Gasteiger partial charge in [-0.15, -0.1) is 11.8 Å². The third kappa shape index (κ3) is 6.00. The van der Waals surface area contributed by atoms with E-state index in [1.165, 1.54) is 22.0 Å². The van der Waals surface area contributed by atoms with Crippen LogP contribution in [0.3, 0.4) is 0 Å². The number of benzene rings is 1. The number of rotatable bonds is 1. The second-order valence-corrected chi connectivity index (χ2v) is 16.4. The molecule has 158 valence electrons. The van der Waals surface area contributed by atoms with Crippen molar-refractivity contribution in [3.05, 3.63) is 28.8 Å². The van der Waals surface area contributed by atoms with E-state index in [1.807, 2.05) is 0 Å². The molecule has 0 amide bonds. The lowest BCUT2D eigenvalue weighted by Gasteiger charge is -2.37. The maximum atomic E-state index is 6.53. The van der Waals surface area contributed by atoms with Gasteiger partial charge in [0.25, 0.3) is 0 Å². The van der Waals surface area contributed by atoms with E-state index in [4.69, 9.17) is 11.8 Å². The Hall–Kier alpha value is -1.01. The third-order valence-electron chi connectivity index (χ3n) is 5.52. The van der Waals surface area contributed by atoms with Gasteiger partial charge in [0.15, 0.2) is 0 Å². The lowest BCUT2D eigenvalue weighted by molar-refractivity contribution is 0.553. The fraction of sp³-hybridized carbons (Fsp3) is 0.630. The van der Waals surface area contributed by atoms with Crippen molar-refractivity contribution in [2.75, 3.05) is 12.3 Å². The first-order chi connectivity index (χ1) is 13.2. The van der Waals surface area contributed by atoms with Crippen molar-refractivity contribution in [3.63, 3.8) is 0 Å². The Balaban J connectivity index is 2.92. The van der Waals surface area contributed by atoms with E-state index < -0.39 is 6.04 Å². The molecule has 0 aliphatic carbocycles. The summed E-state index contributed by atoms with van der Waals surface area (Å²) in [6, 6.07) is 2.95. The topological polar surface area (TPSA) is 0 Å². The summed E-state index contributed by atoms with van der Waals surface area (Å²) >= 11 is 6.53. The van der Waals surface area contributed by atoms with Crippen LogP contribution in [-0.2, 0) is 28.1 Å². The Morgan fingerprint density at radius 2 is 1.10 bits per heavy atom. The van der Waals surface area contributed by atoms with E-state index in [9.17, 15) is 0 Å². The van der Waals surface area contributed by atoms with Crippen molar-refractivity contribution in [2.24, 2.45) is 0 Å². The van der Waals surface area contributed by atoms with Crippen LogP contribution >= 0.6 is 6.04 Å². The van der Waals surface area contributed by atoms with Gasteiger partial charge in [-0.05, 0) is 44.7 Å². The minimum Gasteiger partial charge on any atom is -0.103 e. The van der Waals surface area contributed by atoms with Crippen molar-refractivity contribution in [1.29, 1.82) is 0 Å². The highest BCUT2D eigenvalue weighted by molar-refractivity contribution is 8.18. The summed E-state index contributed by atoms with van der Waals surface area (Å²) in [5.41, 5.74) is 4.38. The van der Waals surface area contributed by atoms with Crippen molar-refractivity contribution in [2.45, 2.75) is 97.8 Å². The quantitative estimate of drug-likeness (QED) is 0.349. The van der Waals surface area contributed by atoms with Crippen LogP contribution in [0, 0.1) is 23.7 Å². The Morgan fingerprint density at radius 3 is 1.45 bits per heavy atom. The lowest BCUT2D eigenvalue weighted by Crippen LogP contribution is -2.33. The molecule has 1 heterocycles. The molecule has 1 aliphatic heterocycles. The van der Waals surface area contributed by atoms with Crippen LogP contribution in [0.4, 0.5) is 0 Å². The highest BCUT2D eigenvalue weighted by Gasteiger charge is 2.34. The van der Waals surface area contributed by atoms with Gasteiger partial charge in [-0.3, -0.25) is 0 Å². The molecule has 1 aromatic carbocycles. The standard InChI is InChI=1S/C27H39PS/c1-25(2,3)21-19-22(26(4,5)6)24(23(20-21)27(7,8)9)28(29)17-15-13-11-10-12-14-16-18-28/h19-20H,10-12,17-18H2,1-9H3. The fourth-order valence-corrected chi connectivity index (χ4v) is 7.49. The van der Waals surface area contributed by atoms with Crippen molar-refractivity contribution >= 4 is 23.1 Å². The molecule has 29 heavy (non-hydrogen) atoms. The van der Waals surface area contributed by atoms with Gasteiger partial charge in [0.2, 0.25) is 0 Å². The minimum atomic E-state index is -1.94. The second-order valence-electron chi connectivity index (χ2n) is 11.4. The Kier molecular flexibility index (Phi) is 7.21. The number of hydrogen-bond donors (Lipinski definition) is 0. The predicted molar refractivity (Wildman–Crippen MR) is 136 cm³/mol. The van der Waals surface area contributed by atoms with Crippen LogP contribution in [-0.4, -0.2) is 12.3 Å². The van der Waals surface area contributed by atoms with E-state index in [-0.39, 0.29) is 16.2 Å². The van der Waals surface area contributed by atoms with E-state index in [2.05, 4.69) is 98.1 Å². The van der Waals surface area contributed by atoms with Crippen molar-refractivity contribution in [3.8, 4) is 23.7 Å². The molecule has 0 unspecified atom stereocenters. The largest absolute Gasteiger partial charge is 0.103 e. The summed E-state index contributed by atoms with van der Waals surface area (Å²) in [7, 11) is 0. The van der Waals surface area contributed by atoms with Crippen molar-refractivity contribution < 1.29 is 0 Å². The molecule has 0 fully saturated rings. The first kappa shape index (κ1) is 24.3.